The molecular weight excluding hydrogens is 359 g/mol. The topological polar surface area (TPSA) is 164 Å². The Morgan fingerprint density at radius 3 is 2.13 bits per heavy atom. The number of carboxylic acid groups (broad SMARTS) is 2. The molecule has 0 saturated carbocycles. The van der Waals surface area contributed by atoms with Gasteiger partial charge in [-0.2, -0.15) is 0 Å². The number of halogens is 1. The second-order valence-corrected chi connectivity index (χ2v) is 4.32. The molecule has 0 atom stereocenters. The number of nitrogens with one attached hydrogen (secondary N) is 1. The molecule has 1 aromatic carbocycles. The molecule has 0 fully saturated rings. The van der Waals surface area contributed by atoms with Crippen LogP contribution in [0.2, 0.25) is 5.02 Å². The number of aromatic carboxylic acids is 2. The van der Waals surface area contributed by atoms with Crippen LogP contribution in [0.1, 0.15) is 20.8 Å². The van der Waals surface area contributed by atoms with Crippen molar-refractivity contribution in [3.8, 4) is 5.69 Å². The van der Waals surface area contributed by atoms with Crippen LogP contribution in [0, 0.1) is 0 Å². The average Bonchev–Trinajstić information content (AvgIpc) is 2.38. The molecule has 0 aliphatic carbocycles. The van der Waals surface area contributed by atoms with Gasteiger partial charge in [-0.1, -0.05) is 11.6 Å². The van der Waals surface area contributed by atoms with Gasteiger partial charge in [0.05, 0.1) is 17.4 Å². The normalized spacial score (nSPS) is 9.43. The number of carbonyl (C=O) groups is 2. The first-order chi connectivity index (χ1) is 9.82. The largest absolute Gasteiger partial charge is 1.00 e. The third kappa shape index (κ3) is 4.38. The summed E-state index contributed by atoms with van der Waals surface area (Å²) in [5, 5.41) is 20.5. The van der Waals surface area contributed by atoms with Crippen molar-refractivity contribution < 1.29 is 76.7 Å². The molecule has 2 rings (SSSR count). The molecule has 0 aliphatic heterocycles. The third-order valence-electron chi connectivity index (χ3n) is 2.60. The summed E-state index contributed by atoms with van der Waals surface area (Å²) in [6.07, 6.45) is 0. The number of nitrogens with zero attached hydrogens (tertiary/aromatic N) is 1. The van der Waals surface area contributed by atoms with Crippen molar-refractivity contribution in [2.45, 2.75) is 0 Å². The van der Waals surface area contributed by atoms with Crippen molar-refractivity contribution in [3.63, 3.8) is 0 Å². The van der Waals surface area contributed by atoms with Crippen molar-refractivity contribution in [1.82, 2.24) is 9.55 Å². The molecule has 23 heavy (non-hydrogen) atoms. The maximum atomic E-state index is 11.8. The zero-order valence-electron chi connectivity index (χ0n) is 11.6. The Balaban J connectivity index is 0.00000242. The van der Waals surface area contributed by atoms with E-state index in [1.165, 1.54) is 24.3 Å². The van der Waals surface area contributed by atoms with Gasteiger partial charge in [0.1, 0.15) is 0 Å². The van der Waals surface area contributed by atoms with Gasteiger partial charge in [0.2, 0.25) is 0 Å². The van der Waals surface area contributed by atoms with Crippen molar-refractivity contribution in [2.24, 2.45) is 0 Å². The summed E-state index contributed by atoms with van der Waals surface area (Å²) in [6, 6.07) is 5.32. The van der Waals surface area contributed by atoms with Crippen LogP contribution in [0.3, 0.4) is 0 Å². The van der Waals surface area contributed by atoms with Crippen LogP contribution in [0.15, 0.2) is 33.9 Å². The van der Waals surface area contributed by atoms with Crippen LogP contribution in [-0.2, 0) is 0 Å². The molecule has 0 spiro atoms. The molecule has 1 aromatic heterocycles. The zero-order valence-corrected chi connectivity index (χ0v) is 15.5. The third-order valence-corrected chi connectivity index (χ3v) is 2.86. The van der Waals surface area contributed by atoms with Crippen LogP contribution in [0.4, 0.5) is 0 Å². The number of hydrogen-bond acceptors (Lipinski definition) is 5. The second kappa shape index (κ2) is 8.54. The SMILES string of the molecule is O.O=C(O)c1c(C(=O)[O-])n(-c2ccc(Cl)cc2)c(=O)[nH]c1=O.[K+]. The molecule has 0 saturated heterocycles. The van der Waals surface area contributed by atoms with E-state index in [1.807, 2.05) is 0 Å². The Hall–Kier alpha value is -1.27. The summed E-state index contributed by atoms with van der Waals surface area (Å²) < 4.78 is 0.524. The molecule has 116 valence electrons. The number of aromatic nitrogens is 2. The van der Waals surface area contributed by atoms with Gasteiger partial charge >= 0.3 is 63.0 Å². The van der Waals surface area contributed by atoms with Gasteiger partial charge in [-0.05, 0) is 24.3 Å². The number of carbonyl (C=O) groups excluding carboxylic acids is 1. The van der Waals surface area contributed by atoms with E-state index in [-0.39, 0.29) is 62.5 Å². The van der Waals surface area contributed by atoms with E-state index in [1.54, 1.807) is 4.98 Å². The van der Waals surface area contributed by atoms with Gasteiger partial charge < -0.3 is 20.5 Å². The fraction of sp³-hybridized carbons (Fsp3) is 0. The minimum absolute atomic E-state index is 0. The van der Waals surface area contributed by atoms with Crippen molar-refractivity contribution >= 4 is 23.5 Å². The first-order valence-electron chi connectivity index (χ1n) is 5.43. The summed E-state index contributed by atoms with van der Waals surface area (Å²) in [6.45, 7) is 0. The number of aromatic amines is 1. The van der Waals surface area contributed by atoms with Crippen molar-refractivity contribution in [2.75, 3.05) is 0 Å². The summed E-state index contributed by atoms with van der Waals surface area (Å²) in [4.78, 5) is 47.3. The van der Waals surface area contributed by atoms with E-state index >= 15 is 0 Å². The molecule has 0 aliphatic rings. The monoisotopic (exact) mass is 366 g/mol. The van der Waals surface area contributed by atoms with Gasteiger partial charge in [-0.15, -0.1) is 0 Å². The molecular formula is C12H8ClKN2O7. The van der Waals surface area contributed by atoms with Crippen LogP contribution < -0.4 is 67.7 Å². The number of rotatable bonds is 3. The summed E-state index contributed by atoms with van der Waals surface area (Å²) in [5.74, 6) is -3.76. The Morgan fingerprint density at radius 1 is 1.17 bits per heavy atom. The maximum absolute atomic E-state index is 11.8. The Bertz CT molecular complexity index is 857. The van der Waals surface area contributed by atoms with Gasteiger partial charge in [0.25, 0.3) is 5.56 Å². The number of carboxylic acids is 2. The number of benzene rings is 1. The van der Waals surface area contributed by atoms with E-state index in [0.717, 1.165) is 0 Å². The smallest absolute Gasteiger partial charge is 0.543 e. The molecule has 2 aromatic rings. The van der Waals surface area contributed by atoms with E-state index in [4.69, 9.17) is 16.7 Å². The maximum Gasteiger partial charge on any atom is 1.00 e. The molecule has 0 radical (unpaired) electrons. The molecule has 0 unspecified atom stereocenters. The van der Waals surface area contributed by atoms with Crippen LogP contribution in [0.25, 0.3) is 5.69 Å². The van der Waals surface area contributed by atoms with E-state index in [9.17, 15) is 24.3 Å². The molecule has 0 amide bonds. The summed E-state index contributed by atoms with van der Waals surface area (Å²) in [7, 11) is 0. The van der Waals surface area contributed by atoms with Crippen LogP contribution >= 0.6 is 11.6 Å². The zero-order chi connectivity index (χ0) is 15.7. The molecule has 4 N–H and O–H groups in total. The number of hydrogen-bond donors (Lipinski definition) is 2. The van der Waals surface area contributed by atoms with Crippen LogP contribution in [-0.4, -0.2) is 32.1 Å². The minimum atomic E-state index is -1.97. The van der Waals surface area contributed by atoms with Gasteiger partial charge in [0.15, 0.2) is 5.56 Å². The van der Waals surface area contributed by atoms with Gasteiger partial charge in [-0.3, -0.25) is 14.3 Å². The standard InChI is InChI=1S/C12H7ClN2O6.K.H2O/c13-5-1-3-6(4-2-5)15-8(11(19)20)7(10(17)18)9(16)14-12(15)21;;/h1-4H,(H,17,18)(H,19,20)(H,14,16,21);;1H2/q;+1;/p-1. The average molecular weight is 367 g/mol. The number of H-pyrrole nitrogens is 1. The first kappa shape index (κ1) is 21.7. The predicted molar refractivity (Wildman–Crippen MR) is 72.6 cm³/mol. The Morgan fingerprint density at radius 2 is 1.70 bits per heavy atom. The molecule has 0 bridgehead atoms. The fourth-order valence-corrected chi connectivity index (χ4v) is 1.89. The fourth-order valence-electron chi connectivity index (χ4n) is 1.76. The van der Waals surface area contributed by atoms with E-state index < -0.39 is 34.4 Å². The second-order valence-electron chi connectivity index (χ2n) is 3.89. The Labute approximate surface area is 175 Å². The van der Waals surface area contributed by atoms with E-state index in [2.05, 4.69) is 0 Å². The summed E-state index contributed by atoms with van der Waals surface area (Å²) >= 11 is 5.68. The molecule has 11 heteroatoms. The predicted octanol–water partition coefficient (Wildman–Crippen LogP) is -4.58. The van der Waals surface area contributed by atoms with Crippen molar-refractivity contribution in [3.05, 3.63) is 61.4 Å². The van der Waals surface area contributed by atoms with Crippen molar-refractivity contribution in [1.29, 1.82) is 0 Å². The molecule has 9 nitrogen and oxygen atoms in total. The Kier molecular flexibility index (Phi) is 8.07. The molecule has 1 heterocycles. The first-order valence-corrected chi connectivity index (χ1v) is 5.80. The van der Waals surface area contributed by atoms with Gasteiger partial charge in [0, 0.05) is 5.02 Å². The van der Waals surface area contributed by atoms with Crippen LogP contribution in [0.5, 0.6) is 0 Å². The minimum Gasteiger partial charge on any atom is -0.543 e. The quantitative estimate of drug-likeness (QED) is 0.519. The van der Waals surface area contributed by atoms with E-state index in [0.29, 0.717) is 9.59 Å². The van der Waals surface area contributed by atoms with Gasteiger partial charge in [-0.25, -0.2) is 9.59 Å². The summed E-state index contributed by atoms with van der Waals surface area (Å²) in [5.41, 5.74) is -4.55.